The molecule has 0 aliphatic rings. The van der Waals surface area contributed by atoms with Gasteiger partial charge in [-0.05, 0) is 35.7 Å². The molecule has 1 aromatic heterocycles. The van der Waals surface area contributed by atoms with Crippen LogP contribution in [0.2, 0.25) is 0 Å². The summed E-state index contributed by atoms with van der Waals surface area (Å²) in [5.74, 6) is 0.652. The summed E-state index contributed by atoms with van der Waals surface area (Å²) < 4.78 is 46.7. The lowest BCUT2D eigenvalue weighted by atomic mass is 9.86. The summed E-state index contributed by atoms with van der Waals surface area (Å²) in [7, 11) is 0. The Bertz CT molecular complexity index is 1080. The summed E-state index contributed by atoms with van der Waals surface area (Å²) in [5, 5.41) is 5.18. The molecule has 2 aromatic carbocycles. The summed E-state index contributed by atoms with van der Waals surface area (Å²) in [6.45, 7) is 6.21. The molecular formula is C23H22F3N3O3. The second-order valence-electron chi connectivity index (χ2n) is 7.87. The number of nitrogens with zero attached hydrogens (tertiary/aromatic N) is 1. The third-order valence-electron chi connectivity index (χ3n) is 4.29. The molecule has 2 amide bonds. The normalized spacial score (nSPS) is 11.6. The molecule has 1 heterocycles. The number of urea groups is 1. The van der Waals surface area contributed by atoms with Crippen molar-refractivity contribution in [1.82, 2.24) is 4.98 Å². The van der Waals surface area contributed by atoms with Crippen molar-refractivity contribution in [2.24, 2.45) is 0 Å². The van der Waals surface area contributed by atoms with E-state index in [1.54, 1.807) is 6.07 Å². The molecule has 32 heavy (non-hydrogen) atoms. The Labute approximate surface area is 183 Å². The van der Waals surface area contributed by atoms with E-state index >= 15 is 0 Å². The van der Waals surface area contributed by atoms with E-state index in [2.05, 4.69) is 41.1 Å². The second-order valence-corrected chi connectivity index (χ2v) is 7.87. The van der Waals surface area contributed by atoms with Gasteiger partial charge in [0, 0.05) is 23.5 Å². The van der Waals surface area contributed by atoms with E-state index in [1.807, 2.05) is 24.3 Å². The van der Waals surface area contributed by atoms with Gasteiger partial charge in [0.05, 0.1) is 6.20 Å². The van der Waals surface area contributed by atoms with Crippen LogP contribution in [-0.2, 0) is 5.41 Å². The Kier molecular flexibility index (Phi) is 6.57. The summed E-state index contributed by atoms with van der Waals surface area (Å²) in [5.41, 5.74) is 1.44. The van der Waals surface area contributed by atoms with Gasteiger partial charge in [0.25, 0.3) is 0 Å². The number of alkyl halides is 3. The van der Waals surface area contributed by atoms with Crippen molar-refractivity contribution in [2.75, 3.05) is 10.6 Å². The average molecular weight is 445 g/mol. The summed E-state index contributed by atoms with van der Waals surface area (Å²) in [6.07, 6.45) is -1.80. The number of carbonyl (C=O) groups excluding carboxylic acids is 1. The molecule has 168 valence electrons. The Morgan fingerprint density at radius 3 is 2.25 bits per heavy atom. The molecule has 0 aliphatic heterocycles. The molecule has 0 spiro atoms. The lowest BCUT2D eigenvalue weighted by Crippen LogP contribution is -2.20. The van der Waals surface area contributed by atoms with Crippen LogP contribution in [0.4, 0.5) is 29.3 Å². The van der Waals surface area contributed by atoms with Crippen LogP contribution in [0.25, 0.3) is 0 Å². The molecule has 0 radical (unpaired) electrons. The van der Waals surface area contributed by atoms with Crippen LogP contribution < -0.4 is 20.1 Å². The Morgan fingerprint density at radius 2 is 1.59 bits per heavy atom. The zero-order valence-electron chi connectivity index (χ0n) is 17.7. The van der Waals surface area contributed by atoms with Gasteiger partial charge in [0.15, 0.2) is 5.75 Å². The van der Waals surface area contributed by atoms with Gasteiger partial charge < -0.3 is 20.1 Å². The summed E-state index contributed by atoms with van der Waals surface area (Å²) >= 11 is 0. The Balaban J connectivity index is 1.71. The fraction of sp³-hybridized carbons (Fsp3) is 0.217. The van der Waals surface area contributed by atoms with Gasteiger partial charge in [-0.2, -0.15) is 0 Å². The lowest BCUT2D eigenvalue weighted by molar-refractivity contribution is -0.274. The Hall–Kier alpha value is -3.75. The number of carbonyl (C=O) groups is 1. The molecule has 6 nitrogen and oxygen atoms in total. The highest BCUT2D eigenvalue weighted by molar-refractivity contribution is 6.00. The SMILES string of the molecule is CC(C)(C)c1ccccc1Oc1ccncc1NC(=O)Nc1ccc(OC(F)(F)F)cc1. The van der Waals surface area contributed by atoms with E-state index in [-0.39, 0.29) is 16.9 Å². The number of anilines is 2. The van der Waals surface area contributed by atoms with Gasteiger partial charge in [0.1, 0.15) is 17.2 Å². The number of hydrogen-bond acceptors (Lipinski definition) is 4. The van der Waals surface area contributed by atoms with Crippen molar-refractivity contribution in [2.45, 2.75) is 32.5 Å². The first-order valence-electron chi connectivity index (χ1n) is 9.66. The van der Waals surface area contributed by atoms with E-state index in [4.69, 9.17) is 4.74 Å². The number of amides is 2. The molecule has 0 unspecified atom stereocenters. The van der Waals surface area contributed by atoms with Crippen molar-refractivity contribution >= 4 is 17.4 Å². The molecule has 2 N–H and O–H groups in total. The molecule has 9 heteroatoms. The van der Waals surface area contributed by atoms with E-state index in [0.29, 0.717) is 17.2 Å². The highest BCUT2D eigenvalue weighted by Gasteiger charge is 2.31. The highest BCUT2D eigenvalue weighted by Crippen LogP contribution is 2.36. The summed E-state index contributed by atoms with van der Waals surface area (Å²) in [4.78, 5) is 16.4. The van der Waals surface area contributed by atoms with Crippen molar-refractivity contribution in [3.05, 3.63) is 72.6 Å². The standard InChI is InChI=1S/C23H22F3N3O3/c1-22(2,3)17-6-4-5-7-19(17)31-20-12-13-27-14-18(20)29-21(30)28-15-8-10-16(11-9-15)32-23(24,25)26/h4-14H,1-3H3,(H2,28,29,30). The molecular weight excluding hydrogens is 423 g/mol. The first-order valence-corrected chi connectivity index (χ1v) is 9.66. The van der Waals surface area contributed by atoms with Gasteiger partial charge in [-0.25, -0.2) is 4.79 Å². The zero-order valence-corrected chi connectivity index (χ0v) is 17.7. The maximum atomic E-state index is 12.4. The topological polar surface area (TPSA) is 72.5 Å². The Morgan fingerprint density at radius 1 is 0.906 bits per heavy atom. The highest BCUT2D eigenvalue weighted by atomic mass is 19.4. The van der Waals surface area contributed by atoms with Crippen molar-refractivity contribution in [1.29, 1.82) is 0 Å². The molecule has 0 aliphatic carbocycles. The number of benzene rings is 2. The number of nitrogens with one attached hydrogen (secondary N) is 2. The number of halogens is 3. The van der Waals surface area contributed by atoms with Crippen LogP contribution in [0.1, 0.15) is 26.3 Å². The van der Waals surface area contributed by atoms with Crippen LogP contribution >= 0.6 is 0 Å². The summed E-state index contributed by atoms with van der Waals surface area (Å²) in [6, 6.07) is 13.4. The predicted molar refractivity (Wildman–Crippen MR) is 115 cm³/mol. The van der Waals surface area contributed by atoms with Crippen LogP contribution in [0.3, 0.4) is 0 Å². The maximum Gasteiger partial charge on any atom is 0.573 e. The monoisotopic (exact) mass is 445 g/mol. The third kappa shape index (κ3) is 6.37. The van der Waals surface area contributed by atoms with Crippen LogP contribution in [0.5, 0.6) is 17.2 Å². The average Bonchev–Trinajstić information content (AvgIpc) is 2.69. The van der Waals surface area contributed by atoms with Crippen molar-refractivity contribution in [3.8, 4) is 17.2 Å². The van der Waals surface area contributed by atoms with Gasteiger partial charge in [-0.3, -0.25) is 4.98 Å². The number of para-hydroxylation sites is 1. The van der Waals surface area contributed by atoms with E-state index < -0.39 is 12.4 Å². The van der Waals surface area contributed by atoms with Crippen molar-refractivity contribution < 1.29 is 27.4 Å². The molecule has 0 bridgehead atoms. The number of pyridine rings is 1. The first-order chi connectivity index (χ1) is 15.0. The minimum Gasteiger partial charge on any atom is -0.455 e. The molecule has 0 saturated carbocycles. The van der Waals surface area contributed by atoms with Crippen LogP contribution in [0.15, 0.2) is 67.0 Å². The van der Waals surface area contributed by atoms with Crippen LogP contribution in [-0.4, -0.2) is 17.4 Å². The molecule has 3 aromatic rings. The van der Waals surface area contributed by atoms with Crippen LogP contribution in [0, 0.1) is 0 Å². The fourth-order valence-corrected chi connectivity index (χ4v) is 2.88. The molecule has 3 rings (SSSR count). The smallest absolute Gasteiger partial charge is 0.455 e. The minimum absolute atomic E-state index is 0.156. The fourth-order valence-electron chi connectivity index (χ4n) is 2.88. The quantitative estimate of drug-likeness (QED) is 0.458. The molecule has 0 saturated heterocycles. The van der Waals surface area contributed by atoms with Gasteiger partial charge in [0.2, 0.25) is 0 Å². The zero-order chi connectivity index (χ0) is 23.4. The van der Waals surface area contributed by atoms with E-state index in [1.165, 1.54) is 24.5 Å². The van der Waals surface area contributed by atoms with Crippen molar-refractivity contribution in [3.63, 3.8) is 0 Å². The molecule has 0 atom stereocenters. The minimum atomic E-state index is -4.78. The number of rotatable bonds is 5. The van der Waals surface area contributed by atoms with E-state index in [0.717, 1.165) is 17.7 Å². The van der Waals surface area contributed by atoms with Gasteiger partial charge in [-0.1, -0.05) is 39.0 Å². The number of aromatic nitrogens is 1. The largest absolute Gasteiger partial charge is 0.573 e. The van der Waals surface area contributed by atoms with E-state index in [9.17, 15) is 18.0 Å². The molecule has 0 fully saturated rings. The van der Waals surface area contributed by atoms with Gasteiger partial charge >= 0.3 is 12.4 Å². The second kappa shape index (κ2) is 9.17. The maximum absolute atomic E-state index is 12.4. The third-order valence-corrected chi connectivity index (χ3v) is 4.29. The number of ether oxygens (including phenoxy) is 2. The lowest BCUT2D eigenvalue weighted by Gasteiger charge is -2.23. The van der Waals surface area contributed by atoms with Gasteiger partial charge in [-0.15, -0.1) is 13.2 Å². The number of hydrogen-bond donors (Lipinski definition) is 2. The first kappa shape index (κ1) is 22.9. The predicted octanol–water partition coefficient (Wildman–Crippen LogP) is 6.71.